The molecule has 94 valence electrons. The van der Waals surface area contributed by atoms with E-state index in [1.165, 1.54) is 0 Å². The van der Waals surface area contributed by atoms with Gasteiger partial charge in [0, 0.05) is 19.4 Å². The smallest absolute Gasteiger partial charge is 0.332 e. The molecule has 1 aliphatic heterocycles. The number of aliphatic carboxylic acids is 1. The van der Waals surface area contributed by atoms with E-state index in [1.54, 1.807) is 0 Å². The largest absolute Gasteiger partial charge is 0.481 e. The molecule has 0 spiro atoms. The average molecular weight is 234 g/mol. The lowest BCUT2D eigenvalue weighted by atomic mass is 10.2. The fourth-order valence-corrected chi connectivity index (χ4v) is 0.932. The van der Waals surface area contributed by atoms with E-state index in [-0.39, 0.29) is 25.6 Å². The third-order valence-corrected chi connectivity index (χ3v) is 1.71. The van der Waals surface area contributed by atoms with Crippen molar-refractivity contribution in [3.8, 4) is 0 Å². The van der Waals surface area contributed by atoms with Gasteiger partial charge in [0.2, 0.25) is 0 Å². The van der Waals surface area contributed by atoms with Gasteiger partial charge in [-0.2, -0.15) is 0 Å². The second kappa shape index (κ2) is 10.4. The summed E-state index contributed by atoms with van der Waals surface area (Å²) in [5.74, 6) is -1.04. The summed E-state index contributed by atoms with van der Waals surface area (Å²) >= 11 is 0. The molecule has 0 unspecified atom stereocenters. The van der Waals surface area contributed by atoms with Crippen LogP contribution in [0.15, 0.2) is 0 Å². The molecule has 0 aromatic heterocycles. The Morgan fingerprint density at radius 3 is 2.69 bits per heavy atom. The summed E-state index contributed by atoms with van der Waals surface area (Å²) in [4.78, 5) is 20.1. The summed E-state index contributed by atoms with van der Waals surface area (Å²) in [5.41, 5.74) is 0. The number of carbonyl (C=O) groups excluding carboxylic acids is 1. The highest BCUT2D eigenvalue weighted by molar-refractivity contribution is 5.70. The van der Waals surface area contributed by atoms with Crippen LogP contribution >= 0.6 is 0 Å². The molecule has 0 aromatic rings. The molecule has 16 heavy (non-hydrogen) atoms. The predicted octanol–water partition coefficient (Wildman–Crippen LogP) is 0.183. The number of carbonyl (C=O) groups is 2. The van der Waals surface area contributed by atoms with E-state index in [9.17, 15) is 9.59 Å². The lowest BCUT2D eigenvalue weighted by molar-refractivity contribution is -0.145. The van der Waals surface area contributed by atoms with Crippen molar-refractivity contribution in [3.05, 3.63) is 0 Å². The number of hydrogen-bond acceptors (Lipinski definition) is 5. The van der Waals surface area contributed by atoms with Crippen molar-refractivity contribution < 1.29 is 29.3 Å². The Morgan fingerprint density at radius 1 is 1.31 bits per heavy atom. The molecule has 0 aliphatic carbocycles. The minimum atomic E-state index is -0.793. The van der Waals surface area contributed by atoms with Crippen LogP contribution in [0, 0.1) is 0 Å². The van der Waals surface area contributed by atoms with Crippen LogP contribution in [0.4, 0.5) is 0 Å². The number of aliphatic hydroxyl groups excluding tert-OH is 1. The van der Waals surface area contributed by atoms with Crippen molar-refractivity contribution in [2.24, 2.45) is 0 Å². The molecule has 6 heteroatoms. The molecule has 0 amide bonds. The highest BCUT2D eigenvalue weighted by atomic mass is 16.6. The molecule has 1 aliphatic rings. The Bertz CT molecular complexity index is 193. The number of ether oxygens (including phenoxy) is 2. The van der Waals surface area contributed by atoms with Gasteiger partial charge < -0.3 is 19.7 Å². The number of unbranched alkanes of at least 4 members (excludes halogenated alkanes) is 1. The Kier molecular flexibility index (Phi) is 9.64. The van der Waals surface area contributed by atoms with E-state index in [2.05, 4.69) is 4.74 Å². The molecule has 0 radical (unpaired) electrons. The average Bonchev–Trinajstić information content (AvgIpc) is 2.47. The highest BCUT2D eigenvalue weighted by Gasteiger charge is 2.05. The summed E-state index contributed by atoms with van der Waals surface area (Å²) < 4.78 is 9.47. The molecular formula is C10H18O6. The Labute approximate surface area is 94.2 Å². The number of hydrogen-bond donors (Lipinski definition) is 2. The number of aliphatic hydroxyl groups is 1. The van der Waals surface area contributed by atoms with Crippen LogP contribution in [-0.4, -0.2) is 48.6 Å². The van der Waals surface area contributed by atoms with E-state index >= 15 is 0 Å². The van der Waals surface area contributed by atoms with Crippen molar-refractivity contribution >= 4 is 11.9 Å². The molecular weight excluding hydrogens is 216 g/mol. The van der Waals surface area contributed by atoms with Gasteiger partial charge in [-0.15, -0.1) is 0 Å². The van der Waals surface area contributed by atoms with E-state index in [0.717, 1.165) is 6.42 Å². The second-order valence-electron chi connectivity index (χ2n) is 3.20. The lowest BCUT2D eigenvalue weighted by Gasteiger charge is -1.92. The summed E-state index contributed by atoms with van der Waals surface area (Å²) in [6, 6.07) is 0. The number of carboxylic acids is 1. The van der Waals surface area contributed by atoms with Gasteiger partial charge in [-0.25, -0.2) is 4.79 Å². The standard InChI is InChI=1S/C5H8O3.C5H10O3/c6-5-4-7-2-1-3-8-5;6-4-2-1-3-5(7)8/h1-4H2;6H,1-4H2,(H,7,8). The van der Waals surface area contributed by atoms with E-state index < -0.39 is 5.97 Å². The van der Waals surface area contributed by atoms with Gasteiger partial charge in [-0.05, 0) is 12.8 Å². The van der Waals surface area contributed by atoms with Crippen molar-refractivity contribution in [2.45, 2.75) is 25.7 Å². The first-order valence-corrected chi connectivity index (χ1v) is 5.23. The van der Waals surface area contributed by atoms with Crippen LogP contribution < -0.4 is 0 Å². The van der Waals surface area contributed by atoms with Crippen LogP contribution in [0.1, 0.15) is 25.7 Å². The van der Waals surface area contributed by atoms with Crippen LogP contribution in [0.3, 0.4) is 0 Å². The number of carboxylic acid groups (broad SMARTS) is 1. The number of rotatable bonds is 4. The van der Waals surface area contributed by atoms with Gasteiger partial charge in [-0.3, -0.25) is 4.79 Å². The van der Waals surface area contributed by atoms with E-state index in [1.807, 2.05) is 0 Å². The van der Waals surface area contributed by atoms with Crippen molar-refractivity contribution in [1.82, 2.24) is 0 Å². The molecule has 1 heterocycles. The number of cyclic esters (lactones) is 1. The maximum Gasteiger partial charge on any atom is 0.332 e. The monoisotopic (exact) mass is 234 g/mol. The van der Waals surface area contributed by atoms with Gasteiger partial charge >= 0.3 is 11.9 Å². The maximum atomic E-state index is 10.3. The maximum absolute atomic E-state index is 10.3. The van der Waals surface area contributed by atoms with Crippen molar-refractivity contribution in [1.29, 1.82) is 0 Å². The van der Waals surface area contributed by atoms with Crippen LogP contribution in [0.2, 0.25) is 0 Å². The van der Waals surface area contributed by atoms with Gasteiger partial charge in [0.25, 0.3) is 0 Å². The summed E-state index contributed by atoms with van der Waals surface area (Å²) in [5, 5.41) is 16.2. The normalized spacial score (nSPS) is 15.4. The molecule has 0 bridgehead atoms. The first kappa shape index (κ1) is 14.9. The van der Waals surface area contributed by atoms with E-state index in [4.69, 9.17) is 14.9 Å². The quantitative estimate of drug-likeness (QED) is 0.532. The fraction of sp³-hybridized carbons (Fsp3) is 0.800. The third kappa shape index (κ3) is 10.9. The van der Waals surface area contributed by atoms with Gasteiger partial charge in [0.1, 0.15) is 6.61 Å². The molecule has 2 N–H and O–H groups in total. The van der Waals surface area contributed by atoms with Crippen LogP contribution in [0.5, 0.6) is 0 Å². The lowest BCUT2D eigenvalue weighted by Crippen LogP contribution is -2.07. The zero-order valence-electron chi connectivity index (χ0n) is 9.18. The Hall–Kier alpha value is -1.14. The van der Waals surface area contributed by atoms with Crippen molar-refractivity contribution in [2.75, 3.05) is 26.4 Å². The predicted molar refractivity (Wildman–Crippen MR) is 55.0 cm³/mol. The topological polar surface area (TPSA) is 93.1 Å². The molecule has 0 saturated carbocycles. The SMILES string of the molecule is O=C(O)CCCCO.O=C1COCCCO1. The first-order chi connectivity index (χ1) is 7.66. The summed E-state index contributed by atoms with van der Waals surface area (Å²) in [6.45, 7) is 1.37. The molecule has 1 rings (SSSR count). The van der Waals surface area contributed by atoms with Gasteiger partial charge in [0.15, 0.2) is 0 Å². The summed E-state index contributed by atoms with van der Waals surface area (Å²) in [6.07, 6.45) is 2.16. The minimum absolute atomic E-state index is 0.0906. The molecule has 6 nitrogen and oxygen atoms in total. The second-order valence-corrected chi connectivity index (χ2v) is 3.20. The Balaban J connectivity index is 0.000000281. The zero-order valence-corrected chi connectivity index (χ0v) is 9.18. The van der Waals surface area contributed by atoms with E-state index in [0.29, 0.717) is 26.1 Å². The van der Waals surface area contributed by atoms with Gasteiger partial charge in [0.05, 0.1) is 13.2 Å². The van der Waals surface area contributed by atoms with Crippen molar-refractivity contribution in [3.63, 3.8) is 0 Å². The minimum Gasteiger partial charge on any atom is -0.481 e. The van der Waals surface area contributed by atoms with Crippen LogP contribution in [0.25, 0.3) is 0 Å². The molecule has 1 fully saturated rings. The van der Waals surface area contributed by atoms with Gasteiger partial charge in [-0.1, -0.05) is 0 Å². The summed E-state index contributed by atoms with van der Waals surface area (Å²) in [7, 11) is 0. The van der Waals surface area contributed by atoms with Crippen LogP contribution in [-0.2, 0) is 19.1 Å². The molecule has 0 aromatic carbocycles. The zero-order chi connectivity index (χ0) is 12.2. The Morgan fingerprint density at radius 2 is 2.06 bits per heavy atom. The highest BCUT2D eigenvalue weighted by Crippen LogP contribution is 1.92. The molecule has 0 atom stereocenters. The fourth-order valence-electron chi connectivity index (χ4n) is 0.932. The first-order valence-electron chi connectivity index (χ1n) is 5.23. The number of esters is 1. The molecule has 1 saturated heterocycles. The third-order valence-electron chi connectivity index (χ3n) is 1.71.